The number of anilines is 1. The maximum absolute atomic E-state index is 12.4. The first-order valence-corrected chi connectivity index (χ1v) is 11.2. The molecule has 0 saturated heterocycles. The van der Waals surface area contributed by atoms with Crippen molar-refractivity contribution in [2.75, 3.05) is 5.73 Å². The fourth-order valence-corrected chi connectivity index (χ4v) is 3.60. The van der Waals surface area contributed by atoms with Gasteiger partial charge in [0.15, 0.2) is 5.78 Å². The monoisotopic (exact) mass is 474 g/mol. The van der Waals surface area contributed by atoms with Gasteiger partial charge in [-0.25, -0.2) is 4.79 Å². The summed E-state index contributed by atoms with van der Waals surface area (Å²) in [7, 11) is 0. The molecule has 0 aliphatic carbocycles. The summed E-state index contributed by atoms with van der Waals surface area (Å²) in [5.74, 6) is 0.0806. The highest BCUT2D eigenvalue weighted by Gasteiger charge is 2.19. The van der Waals surface area contributed by atoms with E-state index in [1.54, 1.807) is 60.7 Å². The van der Waals surface area contributed by atoms with Gasteiger partial charge < -0.3 is 14.9 Å². The van der Waals surface area contributed by atoms with E-state index in [9.17, 15) is 9.59 Å². The number of fused-ring (bicyclic) bond motifs is 1. The van der Waals surface area contributed by atoms with Gasteiger partial charge in [0.1, 0.15) is 11.3 Å². The lowest BCUT2D eigenvalue weighted by molar-refractivity contribution is 0.0733. The van der Waals surface area contributed by atoms with Gasteiger partial charge in [-0.15, -0.1) is 0 Å². The highest BCUT2D eigenvalue weighted by molar-refractivity contribution is 6.18. The molecule has 0 unspecified atom stereocenters. The topological polar surface area (TPSA) is 106 Å². The maximum Gasteiger partial charge on any atom is 0.343 e. The SMILES string of the molecule is N#CCc1ccccc1OC(=O)c1ccccc1.Nc1oc2ccccc2c1C(=O)c1ccccc1. The number of carbonyl (C=O) groups is 2. The summed E-state index contributed by atoms with van der Waals surface area (Å²) in [4.78, 5) is 24.3. The zero-order chi connectivity index (χ0) is 25.3. The van der Waals surface area contributed by atoms with E-state index in [0.29, 0.717) is 33.6 Å². The number of nitrogens with two attached hydrogens (primary N) is 1. The molecule has 6 nitrogen and oxygen atoms in total. The van der Waals surface area contributed by atoms with Crippen LogP contribution in [0.4, 0.5) is 5.88 Å². The standard InChI is InChI=1S/2C15H11NO2/c16-15-13(11-8-4-5-9-12(11)18-15)14(17)10-6-2-1-3-7-10;16-11-10-12-6-4-5-9-14(12)18-15(17)13-7-2-1-3-8-13/h1-9H,16H2;1-9H,10H2. The Morgan fingerprint density at radius 2 is 1.36 bits per heavy atom. The molecule has 4 aromatic carbocycles. The number of furan rings is 1. The predicted molar refractivity (Wildman–Crippen MR) is 138 cm³/mol. The van der Waals surface area contributed by atoms with Crippen molar-refractivity contribution in [2.45, 2.75) is 6.42 Å². The number of nitriles is 1. The fourth-order valence-electron chi connectivity index (χ4n) is 3.60. The summed E-state index contributed by atoms with van der Waals surface area (Å²) < 4.78 is 10.7. The van der Waals surface area contributed by atoms with Crippen LogP contribution in [0.5, 0.6) is 5.75 Å². The van der Waals surface area contributed by atoms with E-state index in [0.717, 1.165) is 5.39 Å². The minimum absolute atomic E-state index is 0.113. The van der Waals surface area contributed by atoms with Gasteiger partial charge in [0, 0.05) is 16.5 Å². The van der Waals surface area contributed by atoms with Crippen molar-refractivity contribution in [3.63, 3.8) is 0 Å². The number of benzene rings is 4. The van der Waals surface area contributed by atoms with Crippen molar-refractivity contribution in [1.82, 2.24) is 0 Å². The van der Waals surface area contributed by atoms with Crippen LogP contribution in [0, 0.1) is 11.3 Å². The highest BCUT2D eigenvalue weighted by Crippen LogP contribution is 2.29. The van der Waals surface area contributed by atoms with Gasteiger partial charge in [-0.3, -0.25) is 4.79 Å². The molecule has 176 valence electrons. The van der Waals surface area contributed by atoms with E-state index in [1.165, 1.54) is 0 Å². The Morgan fingerprint density at radius 1 is 0.778 bits per heavy atom. The van der Waals surface area contributed by atoms with Crippen molar-refractivity contribution < 1.29 is 18.7 Å². The van der Waals surface area contributed by atoms with Gasteiger partial charge >= 0.3 is 5.97 Å². The number of carbonyl (C=O) groups excluding carboxylic acids is 2. The Balaban J connectivity index is 0.000000169. The van der Waals surface area contributed by atoms with Gasteiger partial charge in [0.25, 0.3) is 0 Å². The molecule has 6 heteroatoms. The third kappa shape index (κ3) is 5.49. The number of rotatable bonds is 5. The minimum atomic E-state index is -0.416. The van der Waals surface area contributed by atoms with E-state index in [2.05, 4.69) is 0 Å². The number of ketones is 1. The quantitative estimate of drug-likeness (QED) is 0.184. The van der Waals surface area contributed by atoms with Crippen molar-refractivity contribution in [3.8, 4) is 11.8 Å². The lowest BCUT2D eigenvalue weighted by atomic mass is 10.0. The third-order valence-corrected chi connectivity index (χ3v) is 5.34. The van der Waals surface area contributed by atoms with Crippen LogP contribution < -0.4 is 10.5 Å². The molecule has 0 bridgehead atoms. The molecule has 0 amide bonds. The molecule has 2 N–H and O–H groups in total. The Morgan fingerprint density at radius 3 is 2.06 bits per heavy atom. The molecular formula is C30H22N2O4. The van der Waals surface area contributed by atoms with Crippen molar-refractivity contribution >= 4 is 28.6 Å². The minimum Gasteiger partial charge on any atom is -0.440 e. The number of nitrogen functional groups attached to an aromatic ring is 1. The summed E-state index contributed by atoms with van der Waals surface area (Å²) in [6.07, 6.45) is 0.220. The van der Waals surface area contributed by atoms with Crippen molar-refractivity contribution in [3.05, 3.63) is 131 Å². The normalized spacial score (nSPS) is 10.1. The molecule has 0 aliphatic rings. The van der Waals surface area contributed by atoms with E-state index in [-0.39, 0.29) is 18.1 Å². The van der Waals surface area contributed by atoms with E-state index in [1.807, 2.05) is 54.6 Å². The maximum atomic E-state index is 12.4. The Bertz CT molecular complexity index is 1530. The molecule has 36 heavy (non-hydrogen) atoms. The summed E-state index contributed by atoms with van der Waals surface area (Å²) in [5.41, 5.74) is 8.69. The summed E-state index contributed by atoms with van der Waals surface area (Å²) >= 11 is 0. The van der Waals surface area contributed by atoms with E-state index in [4.69, 9.17) is 20.1 Å². The molecule has 0 spiro atoms. The van der Waals surface area contributed by atoms with Crippen LogP contribution in [0.1, 0.15) is 31.8 Å². The molecule has 1 aromatic heterocycles. The Labute approximate surface area is 208 Å². The average Bonchev–Trinajstić information content (AvgIpc) is 3.26. The molecule has 0 aliphatic heterocycles. The number of hydrogen-bond donors (Lipinski definition) is 1. The van der Waals surface area contributed by atoms with Crippen LogP contribution >= 0.6 is 0 Å². The fraction of sp³-hybridized carbons (Fsp3) is 0.0333. The second-order valence-electron chi connectivity index (χ2n) is 7.73. The summed E-state index contributed by atoms with van der Waals surface area (Å²) in [6, 6.07) is 34.3. The predicted octanol–water partition coefficient (Wildman–Crippen LogP) is 6.22. The van der Waals surface area contributed by atoms with Gasteiger partial charge in [-0.1, -0.05) is 84.9 Å². The van der Waals surface area contributed by atoms with Crippen LogP contribution in [0.25, 0.3) is 11.0 Å². The van der Waals surface area contributed by atoms with Crippen molar-refractivity contribution in [2.24, 2.45) is 0 Å². The van der Waals surface area contributed by atoms with Crippen LogP contribution in [0.3, 0.4) is 0 Å². The number of esters is 1. The molecule has 0 radical (unpaired) electrons. The summed E-state index contributed by atoms with van der Waals surface area (Å²) in [6.45, 7) is 0. The molecule has 5 rings (SSSR count). The number of hydrogen-bond acceptors (Lipinski definition) is 6. The summed E-state index contributed by atoms with van der Waals surface area (Å²) in [5, 5.41) is 9.46. The first-order valence-electron chi connectivity index (χ1n) is 11.2. The lowest BCUT2D eigenvalue weighted by Crippen LogP contribution is -2.09. The number of nitrogens with zero attached hydrogens (tertiary/aromatic N) is 1. The molecular weight excluding hydrogens is 452 g/mol. The zero-order valence-electron chi connectivity index (χ0n) is 19.3. The first kappa shape index (κ1) is 24.0. The van der Waals surface area contributed by atoms with Crippen LogP contribution in [-0.2, 0) is 6.42 Å². The number of para-hydroxylation sites is 2. The highest BCUT2D eigenvalue weighted by atomic mass is 16.5. The molecule has 0 atom stereocenters. The van der Waals surface area contributed by atoms with Gasteiger partial charge in [0.2, 0.25) is 5.88 Å². The Hall–Kier alpha value is -5.15. The van der Waals surface area contributed by atoms with E-state index >= 15 is 0 Å². The molecule has 0 saturated carbocycles. The number of ether oxygens (including phenoxy) is 1. The smallest absolute Gasteiger partial charge is 0.343 e. The lowest BCUT2D eigenvalue weighted by Gasteiger charge is -2.07. The third-order valence-electron chi connectivity index (χ3n) is 5.34. The second kappa shape index (κ2) is 11.3. The van der Waals surface area contributed by atoms with Crippen LogP contribution in [-0.4, -0.2) is 11.8 Å². The van der Waals surface area contributed by atoms with E-state index < -0.39 is 5.97 Å². The largest absolute Gasteiger partial charge is 0.440 e. The Kier molecular flexibility index (Phi) is 7.54. The van der Waals surface area contributed by atoms with Gasteiger partial charge in [-0.05, 0) is 24.3 Å². The average molecular weight is 475 g/mol. The second-order valence-corrected chi connectivity index (χ2v) is 7.73. The molecule has 1 heterocycles. The van der Waals surface area contributed by atoms with Crippen LogP contribution in [0.2, 0.25) is 0 Å². The van der Waals surface area contributed by atoms with Crippen molar-refractivity contribution in [1.29, 1.82) is 5.26 Å². The molecule has 5 aromatic rings. The first-order chi connectivity index (χ1) is 17.6. The zero-order valence-corrected chi connectivity index (χ0v) is 19.3. The van der Waals surface area contributed by atoms with Gasteiger partial charge in [0.05, 0.1) is 23.6 Å². The van der Waals surface area contributed by atoms with Gasteiger partial charge in [-0.2, -0.15) is 5.26 Å². The molecule has 0 fully saturated rings. The van der Waals surface area contributed by atoms with Crippen LogP contribution in [0.15, 0.2) is 114 Å².